The van der Waals surface area contributed by atoms with Crippen molar-refractivity contribution in [3.05, 3.63) is 87.9 Å². The second-order valence-corrected chi connectivity index (χ2v) is 9.40. The van der Waals surface area contributed by atoms with E-state index in [9.17, 15) is 4.79 Å². The molecule has 0 saturated carbocycles. The molecule has 0 bridgehead atoms. The Labute approximate surface area is 219 Å². The average molecular weight is 517 g/mol. The van der Waals surface area contributed by atoms with Crippen LogP contribution in [0, 0.1) is 0 Å². The van der Waals surface area contributed by atoms with E-state index in [1.807, 2.05) is 64.1 Å². The lowest BCUT2D eigenvalue weighted by Crippen LogP contribution is -2.26. The van der Waals surface area contributed by atoms with Gasteiger partial charge in [0, 0.05) is 42.6 Å². The van der Waals surface area contributed by atoms with Gasteiger partial charge in [0.1, 0.15) is 5.82 Å². The van der Waals surface area contributed by atoms with Gasteiger partial charge in [-0.15, -0.1) is 10.2 Å². The second-order valence-electron chi connectivity index (χ2n) is 8.99. The van der Waals surface area contributed by atoms with E-state index in [0.29, 0.717) is 23.2 Å². The van der Waals surface area contributed by atoms with Gasteiger partial charge in [-0.1, -0.05) is 56.1 Å². The zero-order chi connectivity index (χ0) is 25.8. The van der Waals surface area contributed by atoms with Gasteiger partial charge in [0.15, 0.2) is 0 Å². The summed E-state index contributed by atoms with van der Waals surface area (Å²) in [7, 11) is 0. The van der Waals surface area contributed by atoms with Crippen LogP contribution in [0.3, 0.4) is 0 Å². The molecule has 10 heteroatoms. The number of aryl methyl sites for hydroxylation is 2. The molecule has 37 heavy (non-hydrogen) atoms. The van der Waals surface area contributed by atoms with Crippen LogP contribution >= 0.6 is 11.6 Å². The molecule has 0 unspecified atom stereocenters. The summed E-state index contributed by atoms with van der Waals surface area (Å²) in [6.45, 7) is 5.46. The molecule has 5 aromatic rings. The molecule has 0 atom stereocenters. The fourth-order valence-electron chi connectivity index (χ4n) is 4.61. The number of unbranched alkanes of at least 4 members (excludes halogenated alkanes) is 1. The lowest BCUT2D eigenvalue weighted by molar-refractivity contribution is 0.645. The summed E-state index contributed by atoms with van der Waals surface area (Å²) >= 11 is 6.55. The van der Waals surface area contributed by atoms with Crippen molar-refractivity contribution in [2.45, 2.75) is 52.6 Å². The van der Waals surface area contributed by atoms with Crippen molar-refractivity contribution < 1.29 is 0 Å². The highest BCUT2D eigenvalue weighted by molar-refractivity contribution is 6.32. The highest BCUT2D eigenvalue weighted by Gasteiger charge is 2.19. The van der Waals surface area contributed by atoms with E-state index in [-0.39, 0.29) is 5.69 Å². The van der Waals surface area contributed by atoms with Crippen LogP contribution in [0.25, 0.3) is 28.3 Å². The maximum Gasteiger partial charge on any atom is 0.334 e. The van der Waals surface area contributed by atoms with E-state index in [0.717, 1.165) is 60.2 Å². The zero-order valence-electron chi connectivity index (χ0n) is 20.9. The highest BCUT2D eigenvalue weighted by Crippen LogP contribution is 2.27. The lowest BCUT2D eigenvalue weighted by atomic mass is 10.00. The third-order valence-corrected chi connectivity index (χ3v) is 6.75. The fraction of sp³-hybridized carbons (Fsp3) is 0.296. The molecule has 4 heterocycles. The molecule has 1 N–H and O–H groups in total. The third-order valence-electron chi connectivity index (χ3n) is 6.46. The number of nitrogens with one attached hydrogen (secondary N) is 1. The van der Waals surface area contributed by atoms with Crippen molar-refractivity contribution in [1.29, 1.82) is 0 Å². The predicted octanol–water partition coefficient (Wildman–Crippen LogP) is 5.14. The summed E-state index contributed by atoms with van der Waals surface area (Å²) in [4.78, 5) is 18.2. The van der Waals surface area contributed by atoms with E-state index in [1.54, 1.807) is 10.8 Å². The largest absolute Gasteiger partial charge is 0.334 e. The number of imidazole rings is 1. The van der Waals surface area contributed by atoms with Crippen LogP contribution in [0.1, 0.15) is 44.4 Å². The van der Waals surface area contributed by atoms with Gasteiger partial charge in [0.05, 0.1) is 11.6 Å². The van der Waals surface area contributed by atoms with Gasteiger partial charge in [-0.2, -0.15) is 5.21 Å². The maximum atomic E-state index is 13.8. The number of hydrogen-bond donors (Lipinski definition) is 1. The van der Waals surface area contributed by atoms with Crippen molar-refractivity contribution in [3.63, 3.8) is 0 Å². The van der Waals surface area contributed by atoms with Gasteiger partial charge in [-0.05, 0) is 53.3 Å². The minimum absolute atomic E-state index is 0.105. The number of H-pyrrole nitrogens is 1. The molecule has 0 aliphatic heterocycles. The van der Waals surface area contributed by atoms with Crippen LogP contribution in [0.2, 0.25) is 5.02 Å². The van der Waals surface area contributed by atoms with Gasteiger partial charge in [0.25, 0.3) is 0 Å². The van der Waals surface area contributed by atoms with E-state index in [4.69, 9.17) is 11.6 Å². The molecule has 0 radical (unpaired) electrons. The van der Waals surface area contributed by atoms with Crippen LogP contribution in [0.4, 0.5) is 0 Å². The smallest absolute Gasteiger partial charge is 0.333 e. The van der Waals surface area contributed by atoms with Gasteiger partial charge >= 0.3 is 5.69 Å². The van der Waals surface area contributed by atoms with Crippen molar-refractivity contribution in [1.82, 2.24) is 39.3 Å². The van der Waals surface area contributed by atoms with Crippen LogP contribution in [0.5, 0.6) is 0 Å². The number of tetrazole rings is 1. The molecule has 0 fully saturated rings. The average Bonchev–Trinajstić information content (AvgIpc) is 3.65. The van der Waals surface area contributed by atoms with Crippen LogP contribution in [0.15, 0.2) is 66.0 Å². The highest BCUT2D eigenvalue weighted by atomic mass is 35.5. The van der Waals surface area contributed by atoms with E-state index in [1.165, 1.54) is 0 Å². The summed E-state index contributed by atoms with van der Waals surface area (Å²) in [5.41, 5.74) is 4.74. The summed E-state index contributed by atoms with van der Waals surface area (Å²) < 4.78 is 5.58. The molecule has 9 nitrogen and oxygen atoms in total. The number of nitrogens with zero attached hydrogens (tertiary/aromatic N) is 7. The van der Waals surface area contributed by atoms with E-state index >= 15 is 0 Å². The summed E-state index contributed by atoms with van der Waals surface area (Å²) in [6, 6.07) is 11.8. The lowest BCUT2D eigenvalue weighted by Gasteiger charge is -2.12. The molecule has 5 rings (SSSR count). The minimum atomic E-state index is -0.105. The molecule has 4 aromatic heterocycles. The second kappa shape index (κ2) is 11.0. The molecule has 0 aliphatic carbocycles. The van der Waals surface area contributed by atoms with E-state index in [2.05, 4.69) is 39.5 Å². The van der Waals surface area contributed by atoms with Gasteiger partial charge in [-0.25, -0.2) is 4.79 Å². The Morgan fingerprint density at radius 2 is 1.84 bits per heavy atom. The van der Waals surface area contributed by atoms with Crippen molar-refractivity contribution in [2.24, 2.45) is 0 Å². The fourth-order valence-corrected chi connectivity index (χ4v) is 4.86. The zero-order valence-corrected chi connectivity index (χ0v) is 21.7. The number of aromatic nitrogens is 8. The molecular weight excluding hydrogens is 488 g/mol. The van der Waals surface area contributed by atoms with Crippen LogP contribution in [-0.2, 0) is 19.5 Å². The molecule has 0 aliphatic rings. The maximum absolute atomic E-state index is 13.8. The summed E-state index contributed by atoms with van der Waals surface area (Å²) in [5, 5.41) is 14.8. The van der Waals surface area contributed by atoms with Gasteiger partial charge in [-0.3, -0.25) is 14.1 Å². The van der Waals surface area contributed by atoms with Gasteiger partial charge < -0.3 is 4.57 Å². The van der Waals surface area contributed by atoms with Crippen molar-refractivity contribution in [2.75, 3.05) is 0 Å². The number of pyridine rings is 1. The number of halogens is 1. The first-order valence-electron chi connectivity index (χ1n) is 12.5. The Hall–Kier alpha value is -3.98. The molecule has 0 amide bonds. The number of hydrogen-bond acceptors (Lipinski definition) is 5. The molecule has 0 spiro atoms. The van der Waals surface area contributed by atoms with Crippen molar-refractivity contribution >= 4 is 11.6 Å². The first-order valence-corrected chi connectivity index (χ1v) is 12.9. The van der Waals surface area contributed by atoms with E-state index < -0.39 is 0 Å². The first kappa shape index (κ1) is 24.7. The standard InChI is InChI=1S/C27H29ClN8O/c1-3-5-6-22-18-36(26-24(28)12-15-34(26)14-4-2)27(37)35(22)17-21-16-29-13-11-23(21)19-7-9-20(10-8-19)25-30-32-33-31-25/h7-13,15-16,18H,3-6,14,17H2,1-2H3,(H,30,31,32,33). The Bertz CT molecular complexity index is 1530. The third kappa shape index (κ3) is 4.99. The van der Waals surface area contributed by atoms with Crippen molar-refractivity contribution in [3.8, 4) is 28.3 Å². The van der Waals surface area contributed by atoms with Gasteiger partial charge in [0.2, 0.25) is 5.82 Å². The molecule has 1 aromatic carbocycles. The van der Waals surface area contributed by atoms with Crippen LogP contribution < -0.4 is 5.69 Å². The molecular formula is C27H29ClN8O. The Morgan fingerprint density at radius 3 is 2.57 bits per heavy atom. The first-order chi connectivity index (χ1) is 18.1. The molecule has 0 saturated heterocycles. The number of benzene rings is 1. The summed E-state index contributed by atoms with van der Waals surface area (Å²) in [6.07, 6.45) is 11.3. The number of rotatable bonds is 10. The minimum Gasteiger partial charge on any atom is -0.333 e. The number of aromatic amines is 1. The Balaban J connectivity index is 1.54. The Morgan fingerprint density at radius 1 is 1.03 bits per heavy atom. The SMILES string of the molecule is CCCCc1cn(-c2c(Cl)ccn2CCC)c(=O)n1Cc1cnccc1-c1ccc(-c2nn[nH]n2)cc1. The van der Waals surface area contributed by atoms with Crippen LogP contribution in [-0.4, -0.2) is 39.3 Å². The topological polar surface area (TPSA) is 99.2 Å². The Kier molecular flexibility index (Phi) is 7.32. The normalized spacial score (nSPS) is 11.3. The quantitative estimate of drug-likeness (QED) is 0.277. The summed E-state index contributed by atoms with van der Waals surface area (Å²) in [5.74, 6) is 1.26. The molecule has 190 valence electrons. The monoisotopic (exact) mass is 516 g/mol. The predicted molar refractivity (Wildman–Crippen MR) is 144 cm³/mol.